The van der Waals surface area contributed by atoms with Crippen molar-refractivity contribution in [3.63, 3.8) is 0 Å². The number of hydrogen-bond donors (Lipinski definition) is 1. The molecule has 0 unspecified atom stereocenters. The van der Waals surface area contributed by atoms with Crippen LogP contribution in [0.25, 0.3) is 10.9 Å². The number of hydrogen-bond acceptors (Lipinski definition) is 4. The molecular formula is C19H20ClN3OS. The van der Waals surface area contributed by atoms with E-state index in [1.54, 1.807) is 17.4 Å². The van der Waals surface area contributed by atoms with Gasteiger partial charge in [0, 0.05) is 28.0 Å². The Labute approximate surface area is 156 Å². The van der Waals surface area contributed by atoms with E-state index < -0.39 is 0 Å². The Hall–Kier alpha value is -1.98. The Bertz CT molecular complexity index is 907. The van der Waals surface area contributed by atoms with Crippen LogP contribution in [-0.4, -0.2) is 22.4 Å². The highest BCUT2D eigenvalue weighted by atomic mass is 35.5. The summed E-state index contributed by atoms with van der Waals surface area (Å²) in [6, 6.07) is 7.36. The quantitative estimate of drug-likeness (QED) is 0.636. The van der Waals surface area contributed by atoms with Crippen LogP contribution in [-0.2, 0) is 6.42 Å². The van der Waals surface area contributed by atoms with Crippen molar-refractivity contribution in [1.82, 2.24) is 15.3 Å². The van der Waals surface area contributed by atoms with E-state index in [0.29, 0.717) is 17.1 Å². The van der Waals surface area contributed by atoms with E-state index in [1.807, 2.05) is 32.0 Å². The van der Waals surface area contributed by atoms with Crippen LogP contribution in [0, 0.1) is 13.8 Å². The van der Waals surface area contributed by atoms with Crippen LogP contribution >= 0.6 is 22.9 Å². The van der Waals surface area contributed by atoms with Crippen molar-refractivity contribution >= 4 is 39.7 Å². The molecule has 0 aliphatic heterocycles. The summed E-state index contributed by atoms with van der Waals surface area (Å²) < 4.78 is 0. The molecule has 0 aliphatic carbocycles. The standard InChI is InChI=1S/C19H20ClN3OS/c1-12-11-25-18(22-12)5-3-4-8-21-19(24)16-10-14-9-15(20)6-7-17(14)23-13(16)2/h6-7,9-11H,3-5,8H2,1-2H3,(H,21,24). The Balaban J connectivity index is 1.55. The van der Waals surface area contributed by atoms with Crippen LogP contribution in [0.5, 0.6) is 0 Å². The number of nitrogens with zero attached hydrogens (tertiary/aromatic N) is 2. The fraction of sp³-hybridized carbons (Fsp3) is 0.316. The van der Waals surface area contributed by atoms with Crippen LogP contribution in [0.3, 0.4) is 0 Å². The number of nitrogens with one attached hydrogen (secondary N) is 1. The molecule has 0 atom stereocenters. The molecule has 6 heteroatoms. The Kier molecular flexibility index (Phi) is 5.66. The van der Waals surface area contributed by atoms with Crippen LogP contribution in [0.4, 0.5) is 0 Å². The fourth-order valence-corrected chi connectivity index (χ4v) is 3.69. The van der Waals surface area contributed by atoms with Gasteiger partial charge in [-0.2, -0.15) is 0 Å². The number of pyridine rings is 1. The second-order valence-electron chi connectivity index (χ2n) is 6.05. The summed E-state index contributed by atoms with van der Waals surface area (Å²) in [6.45, 7) is 4.51. The normalized spacial score (nSPS) is 11.0. The summed E-state index contributed by atoms with van der Waals surface area (Å²) in [5.41, 5.74) is 3.25. The number of aromatic nitrogens is 2. The van der Waals surface area contributed by atoms with E-state index in [2.05, 4.69) is 20.7 Å². The van der Waals surface area contributed by atoms with Gasteiger partial charge in [0.1, 0.15) is 0 Å². The zero-order chi connectivity index (χ0) is 17.8. The molecule has 1 N–H and O–H groups in total. The highest BCUT2D eigenvalue weighted by Gasteiger charge is 2.11. The number of fused-ring (bicyclic) bond motifs is 1. The lowest BCUT2D eigenvalue weighted by Gasteiger charge is -2.09. The second-order valence-corrected chi connectivity index (χ2v) is 7.43. The van der Waals surface area contributed by atoms with E-state index in [4.69, 9.17) is 11.6 Å². The molecule has 0 saturated heterocycles. The number of unbranched alkanes of at least 4 members (excludes halogenated alkanes) is 1. The molecule has 0 fully saturated rings. The van der Waals surface area contributed by atoms with Gasteiger partial charge in [-0.1, -0.05) is 11.6 Å². The topological polar surface area (TPSA) is 54.9 Å². The molecule has 2 heterocycles. The van der Waals surface area contributed by atoms with Crippen LogP contribution in [0.2, 0.25) is 5.02 Å². The highest BCUT2D eigenvalue weighted by Crippen LogP contribution is 2.20. The predicted octanol–water partition coefficient (Wildman–Crippen LogP) is 4.71. The van der Waals surface area contributed by atoms with Gasteiger partial charge in [0.15, 0.2) is 0 Å². The van der Waals surface area contributed by atoms with E-state index in [0.717, 1.165) is 46.6 Å². The van der Waals surface area contributed by atoms with Gasteiger partial charge in [0.05, 0.1) is 21.8 Å². The van der Waals surface area contributed by atoms with Crippen molar-refractivity contribution in [2.45, 2.75) is 33.1 Å². The number of amides is 1. The smallest absolute Gasteiger partial charge is 0.253 e. The van der Waals surface area contributed by atoms with E-state index >= 15 is 0 Å². The summed E-state index contributed by atoms with van der Waals surface area (Å²) in [5, 5.41) is 7.73. The number of aryl methyl sites for hydroxylation is 3. The van der Waals surface area contributed by atoms with Gasteiger partial charge in [-0.15, -0.1) is 11.3 Å². The van der Waals surface area contributed by atoms with E-state index in [-0.39, 0.29) is 5.91 Å². The van der Waals surface area contributed by atoms with Gasteiger partial charge < -0.3 is 5.32 Å². The first-order valence-electron chi connectivity index (χ1n) is 8.29. The van der Waals surface area contributed by atoms with Crippen molar-refractivity contribution in [2.24, 2.45) is 0 Å². The van der Waals surface area contributed by atoms with Crippen LogP contribution < -0.4 is 5.32 Å². The highest BCUT2D eigenvalue weighted by molar-refractivity contribution is 7.09. The van der Waals surface area contributed by atoms with Crippen molar-refractivity contribution < 1.29 is 4.79 Å². The zero-order valence-electron chi connectivity index (χ0n) is 14.3. The molecule has 0 bridgehead atoms. The first kappa shape index (κ1) is 17.8. The Morgan fingerprint density at radius 1 is 1.20 bits per heavy atom. The third kappa shape index (κ3) is 4.55. The van der Waals surface area contributed by atoms with Gasteiger partial charge >= 0.3 is 0 Å². The minimum Gasteiger partial charge on any atom is -0.352 e. The monoisotopic (exact) mass is 373 g/mol. The van der Waals surface area contributed by atoms with Gasteiger partial charge in [-0.3, -0.25) is 9.78 Å². The van der Waals surface area contributed by atoms with Gasteiger partial charge in [-0.05, 0) is 57.4 Å². The molecule has 25 heavy (non-hydrogen) atoms. The van der Waals surface area contributed by atoms with Crippen LogP contribution in [0.1, 0.15) is 39.6 Å². The predicted molar refractivity (Wildman–Crippen MR) is 104 cm³/mol. The summed E-state index contributed by atoms with van der Waals surface area (Å²) in [5.74, 6) is -0.0861. The lowest BCUT2D eigenvalue weighted by atomic mass is 10.1. The number of benzene rings is 1. The third-order valence-corrected chi connectivity index (χ3v) is 5.24. The maximum Gasteiger partial charge on any atom is 0.253 e. The lowest BCUT2D eigenvalue weighted by molar-refractivity contribution is 0.0952. The molecule has 130 valence electrons. The van der Waals surface area contributed by atoms with Crippen molar-refractivity contribution in [1.29, 1.82) is 0 Å². The number of thiazole rings is 1. The lowest BCUT2D eigenvalue weighted by Crippen LogP contribution is -2.25. The second kappa shape index (κ2) is 7.93. The Morgan fingerprint density at radius 3 is 2.80 bits per heavy atom. The first-order valence-corrected chi connectivity index (χ1v) is 9.55. The first-order chi connectivity index (χ1) is 12.0. The Morgan fingerprint density at radius 2 is 2.04 bits per heavy atom. The number of halogens is 1. The average molecular weight is 374 g/mol. The number of carbonyl (C=O) groups excluding carboxylic acids is 1. The maximum absolute atomic E-state index is 12.4. The van der Waals surface area contributed by atoms with Crippen molar-refractivity contribution in [3.8, 4) is 0 Å². The SMILES string of the molecule is Cc1csc(CCCCNC(=O)c2cc3cc(Cl)ccc3nc2C)n1. The van der Waals surface area contributed by atoms with Crippen LogP contribution in [0.15, 0.2) is 29.6 Å². The molecule has 0 aliphatic rings. The average Bonchev–Trinajstić information content (AvgIpc) is 2.99. The molecule has 3 rings (SSSR count). The zero-order valence-corrected chi connectivity index (χ0v) is 15.9. The summed E-state index contributed by atoms with van der Waals surface area (Å²) in [4.78, 5) is 21.4. The van der Waals surface area contributed by atoms with E-state index in [9.17, 15) is 4.79 Å². The summed E-state index contributed by atoms with van der Waals surface area (Å²) in [7, 11) is 0. The molecule has 4 nitrogen and oxygen atoms in total. The molecular weight excluding hydrogens is 354 g/mol. The molecule has 0 saturated carbocycles. The maximum atomic E-state index is 12.4. The molecule has 2 aromatic heterocycles. The third-order valence-electron chi connectivity index (χ3n) is 3.98. The number of carbonyl (C=O) groups is 1. The molecule has 0 radical (unpaired) electrons. The fourth-order valence-electron chi connectivity index (χ4n) is 2.69. The van der Waals surface area contributed by atoms with Crippen molar-refractivity contribution in [3.05, 3.63) is 56.6 Å². The molecule has 1 aromatic carbocycles. The van der Waals surface area contributed by atoms with E-state index in [1.165, 1.54) is 0 Å². The van der Waals surface area contributed by atoms with Gasteiger partial charge in [0.25, 0.3) is 5.91 Å². The van der Waals surface area contributed by atoms with Crippen molar-refractivity contribution in [2.75, 3.05) is 6.54 Å². The molecule has 3 aromatic rings. The minimum absolute atomic E-state index is 0.0861. The summed E-state index contributed by atoms with van der Waals surface area (Å²) >= 11 is 7.73. The largest absolute Gasteiger partial charge is 0.352 e. The number of rotatable bonds is 6. The van der Waals surface area contributed by atoms with Gasteiger partial charge in [0.2, 0.25) is 0 Å². The molecule has 1 amide bonds. The molecule has 0 spiro atoms. The summed E-state index contributed by atoms with van der Waals surface area (Å²) in [6.07, 6.45) is 2.90. The minimum atomic E-state index is -0.0861. The van der Waals surface area contributed by atoms with Gasteiger partial charge in [-0.25, -0.2) is 4.98 Å².